The first-order valence-electron chi connectivity index (χ1n) is 8.10. The lowest BCUT2D eigenvalue weighted by atomic mass is 9.94. The Kier molecular flexibility index (Phi) is 4.48. The Hall–Kier alpha value is -1.10. The van der Waals surface area contributed by atoms with Gasteiger partial charge in [0.05, 0.1) is 12.1 Å². The third-order valence-electron chi connectivity index (χ3n) is 4.93. The molecule has 2 aliphatic heterocycles. The molecule has 21 heavy (non-hydrogen) atoms. The average Bonchev–Trinajstić information content (AvgIpc) is 2.51. The summed E-state index contributed by atoms with van der Waals surface area (Å²) in [4.78, 5) is 5.05. The summed E-state index contributed by atoms with van der Waals surface area (Å²) in [5, 5.41) is 3.68. The van der Waals surface area contributed by atoms with Crippen molar-refractivity contribution >= 4 is 0 Å². The fourth-order valence-electron chi connectivity index (χ4n) is 3.51. The summed E-state index contributed by atoms with van der Waals surface area (Å²) >= 11 is 0. The van der Waals surface area contributed by atoms with Gasteiger partial charge in [-0.15, -0.1) is 0 Å². The minimum Gasteiger partial charge on any atom is -0.492 e. The number of para-hydroxylation sites is 1. The Morgan fingerprint density at radius 2 is 2.10 bits per heavy atom. The monoisotopic (exact) mass is 289 g/mol. The van der Waals surface area contributed by atoms with E-state index in [1.54, 1.807) is 0 Å². The lowest BCUT2D eigenvalue weighted by Crippen LogP contribution is -2.58. The quantitative estimate of drug-likeness (QED) is 0.917. The average molecular weight is 289 g/mol. The van der Waals surface area contributed by atoms with Crippen molar-refractivity contribution in [2.24, 2.45) is 0 Å². The number of fused-ring (bicyclic) bond motifs is 1. The predicted molar refractivity (Wildman–Crippen MR) is 85.8 cm³/mol. The number of ether oxygens (including phenoxy) is 1. The van der Waals surface area contributed by atoms with Gasteiger partial charge in [0.15, 0.2) is 0 Å². The first-order chi connectivity index (χ1) is 10.2. The van der Waals surface area contributed by atoms with E-state index in [0.717, 1.165) is 38.5 Å². The van der Waals surface area contributed by atoms with Gasteiger partial charge in [0.2, 0.25) is 0 Å². The zero-order valence-electron chi connectivity index (χ0n) is 13.4. The highest BCUT2D eigenvalue weighted by Gasteiger charge is 2.36. The predicted octanol–water partition coefficient (Wildman–Crippen LogP) is 1.73. The minimum absolute atomic E-state index is 0.371. The van der Waals surface area contributed by atoms with Crippen molar-refractivity contribution in [1.29, 1.82) is 0 Å². The van der Waals surface area contributed by atoms with Gasteiger partial charge in [-0.2, -0.15) is 0 Å². The van der Waals surface area contributed by atoms with Gasteiger partial charge >= 0.3 is 0 Å². The Morgan fingerprint density at radius 1 is 1.29 bits per heavy atom. The number of piperazine rings is 1. The maximum absolute atomic E-state index is 6.03. The number of nitrogens with zero attached hydrogens (tertiary/aromatic N) is 2. The van der Waals surface area contributed by atoms with Gasteiger partial charge in [0, 0.05) is 31.2 Å². The maximum Gasteiger partial charge on any atom is 0.124 e. The third kappa shape index (κ3) is 2.93. The molecular formula is C17H27N3O. The van der Waals surface area contributed by atoms with Gasteiger partial charge in [-0.25, -0.2) is 0 Å². The molecule has 0 aromatic heterocycles. The van der Waals surface area contributed by atoms with Gasteiger partial charge in [-0.05, 0) is 26.6 Å². The Morgan fingerprint density at radius 3 is 2.86 bits per heavy atom. The molecule has 1 saturated heterocycles. The maximum atomic E-state index is 6.03. The van der Waals surface area contributed by atoms with E-state index in [1.807, 2.05) is 0 Å². The molecular weight excluding hydrogens is 262 g/mol. The molecule has 3 atom stereocenters. The lowest BCUT2D eigenvalue weighted by Gasteiger charge is -2.46. The summed E-state index contributed by atoms with van der Waals surface area (Å²) in [6, 6.07) is 9.86. The van der Waals surface area contributed by atoms with Crippen molar-refractivity contribution in [3.05, 3.63) is 29.8 Å². The van der Waals surface area contributed by atoms with E-state index in [1.165, 1.54) is 5.56 Å². The lowest BCUT2D eigenvalue weighted by molar-refractivity contribution is 0.0267. The number of rotatable bonds is 3. The molecule has 0 spiro atoms. The summed E-state index contributed by atoms with van der Waals surface area (Å²) in [5.74, 6) is 1.04. The molecule has 1 aromatic carbocycles. The molecule has 0 amide bonds. The van der Waals surface area contributed by atoms with Crippen LogP contribution >= 0.6 is 0 Å². The van der Waals surface area contributed by atoms with Crippen LogP contribution in [0.15, 0.2) is 24.3 Å². The molecule has 1 N–H and O–H groups in total. The van der Waals surface area contributed by atoms with Gasteiger partial charge in [-0.1, -0.05) is 25.1 Å². The standard InChI is InChI=1S/C17H27N3O/c1-4-18-17-14-7-5-6-8-16(14)21-12-15(17)20-10-9-19(3)13(2)11-20/h5-8,13,15,17-18H,4,9-12H2,1-3H3. The van der Waals surface area contributed by atoms with E-state index in [9.17, 15) is 0 Å². The van der Waals surface area contributed by atoms with Crippen LogP contribution in [0.4, 0.5) is 0 Å². The van der Waals surface area contributed by atoms with Crippen LogP contribution in [0.1, 0.15) is 25.5 Å². The number of hydrogen-bond acceptors (Lipinski definition) is 4. The number of hydrogen-bond donors (Lipinski definition) is 1. The SMILES string of the molecule is CCNC1c2ccccc2OCC1N1CCN(C)C(C)C1. The molecule has 3 unspecified atom stereocenters. The topological polar surface area (TPSA) is 27.7 Å². The smallest absolute Gasteiger partial charge is 0.124 e. The molecule has 116 valence electrons. The van der Waals surface area contributed by atoms with Gasteiger partial charge < -0.3 is 15.0 Å². The van der Waals surface area contributed by atoms with Crippen LogP contribution < -0.4 is 10.1 Å². The van der Waals surface area contributed by atoms with E-state index < -0.39 is 0 Å². The van der Waals surface area contributed by atoms with E-state index in [-0.39, 0.29) is 0 Å². The normalized spacial score (nSPS) is 30.7. The molecule has 4 heteroatoms. The highest BCUT2D eigenvalue weighted by atomic mass is 16.5. The van der Waals surface area contributed by atoms with Crippen LogP contribution in [0.2, 0.25) is 0 Å². The zero-order valence-corrected chi connectivity index (χ0v) is 13.4. The summed E-state index contributed by atoms with van der Waals surface area (Å²) in [5.41, 5.74) is 1.31. The number of nitrogens with one attached hydrogen (secondary N) is 1. The fourth-order valence-corrected chi connectivity index (χ4v) is 3.51. The number of likely N-dealkylation sites (N-methyl/N-ethyl adjacent to an activating group) is 2. The molecule has 1 fully saturated rings. The van der Waals surface area contributed by atoms with E-state index in [2.05, 4.69) is 60.3 Å². The molecule has 2 heterocycles. The molecule has 4 nitrogen and oxygen atoms in total. The van der Waals surface area contributed by atoms with E-state index >= 15 is 0 Å². The number of benzene rings is 1. The zero-order chi connectivity index (χ0) is 14.8. The minimum atomic E-state index is 0.371. The second-order valence-electron chi connectivity index (χ2n) is 6.28. The van der Waals surface area contributed by atoms with Crippen LogP contribution in [0.3, 0.4) is 0 Å². The molecule has 2 aliphatic rings. The second-order valence-corrected chi connectivity index (χ2v) is 6.28. The first-order valence-corrected chi connectivity index (χ1v) is 8.10. The van der Waals surface area contributed by atoms with Crippen molar-refractivity contribution in [1.82, 2.24) is 15.1 Å². The highest BCUT2D eigenvalue weighted by Crippen LogP contribution is 2.34. The van der Waals surface area contributed by atoms with Crippen molar-refractivity contribution in [3.63, 3.8) is 0 Å². The molecule has 0 radical (unpaired) electrons. The van der Waals surface area contributed by atoms with Gasteiger partial charge in [-0.3, -0.25) is 4.90 Å². The van der Waals surface area contributed by atoms with Crippen molar-refractivity contribution in [2.75, 3.05) is 39.8 Å². The molecule has 0 bridgehead atoms. The summed E-state index contributed by atoms with van der Waals surface area (Å²) < 4.78 is 6.03. The van der Waals surface area contributed by atoms with Crippen LogP contribution in [0.5, 0.6) is 5.75 Å². The first kappa shape index (κ1) is 14.8. The van der Waals surface area contributed by atoms with E-state index in [0.29, 0.717) is 18.1 Å². The molecule has 3 rings (SSSR count). The highest BCUT2D eigenvalue weighted by molar-refractivity contribution is 5.38. The Bertz CT molecular complexity index is 479. The second kappa shape index (κ2) is 6.34. The largest absolute Gasteiger partial charge is 0.492 e. The van der Waals surface area contributed by atoms with Gasteiger partial charge in [0.25, 0.3) is 0 Å². The summed E-state index contributed by atoms with van der Waals surface area (Å²) in [6.45, 7) is 9.64. The fraction of sp³-hybridized carbons (Fsp3) is 0.647. The third-order valence-corrected chi connectivity index (χ3v) is 4.93. The molecule has 0 aliphatic carbocycles. The summed E-state index contributed by atoms with van der Waals surface area (Å²) in [6.07, 6.45) is 0. The Labute approximate surface area is 128 Å². The van der Waals surface area contributed by atoms with Crippen LogP contribution in [0, 0.1) is 0 Å². The molecule has 0 saturated carbocycles. The van der Waals surface area contributed by atoms with E-state index in [4.69, 9.17) is 4.74 Å². The Balaban J connectivity index is 1.82. The summed E-state index contributed by atoms with van der Waals surface area (Å²) in [7, 11) is 2.22. The van der Waals surface area contributed by atoms with Crippen molar-refractivity contribution < 1.29 is 4.74 Å². The van der Waals surface area contributed by atoms with Crippen LogP contribution in [0.25, 0.3) is 0 Å². The van der Waals surface area contributed by atoms with Gasteiger partial charge in [0.1, 0.15) is 12.4 Å². The van der Waals surface area contributed by atoms with Crippen molar-refractivity contribution in [2.45, 2.75) is 32.0 Å². The molecule has 1 aromatic rings. The van der Waals surface area contributed by atoms with Crippen molar-refractivity contribution in [3.8, 4) is 5.75 Å². The van der Waals surface area contributed by atoms with Crippen LogP contribution in [-0.2, 0) is 0 Å². The van der Waals surface area contributed by atoms with Crippen LogP contribution in [-0.4, -0.2) is 61.7 Å².